The number of benzene rings is 1. The van der Waals surface area contributed by atoms with Crippen molar-refractivity contribution >= 4 is 28.0 Å². The molecule has 0 fully saturated rings. The van der Waals surface area contributed by atoms with Crippen molar-refractivity contribution in [3.8, 4) is 5.69 Å². The highest BCUT2D eigenvalue weighted by atomic mass is 19.4. The predicted octanol–water partition coefficient (Wildman–Crippen LogP) is 4.07. The summed E-state index contributed by atoms with van der Waals surface area (Å²) in [5.74, 6) is 0. The van der Waals surface area contributed by atoms with E-state index in [2.05, 4.69) is 20.5 Å². The van der Waals surface area contributed by atoms with Gasteiger partial charge in [0, 0.05) is 12.2 Å². The van der Waals surface area contributed by atoms with Gasteiger partial charge in [0.25, 0.3) is 5.56 Å². The number of fused-ring (bicyclic) bond motifs is 3. The summed E-state index contributed by atoms with van der Waals surface area (Å²) in [6, 6.07) is -0.00732. The molecule has 8 nitrogen and oxygen atoms in total. The van der Waals surface area contributed by atoms with Crippen molar-refractivity contribution in [2.24, 2.45) is 0 Å². The van der Waals surface area contributed by atoms with E-state index in [1.807, 2.05) is 0 Å². The van der Waals surface area contributed by atoms with Gasteiger partial charge in [-0.25, -0.2) is 14.5 Å². The van der Waals surface area contributed by atoms with Gasteiger partial charge in [-0.05, 0) is 32.0 Å². The fourth-order valence-electron chi connectivity index (χ4n) is 3.25. The summed E-state index contributed by atoms with van der Waals surface area (Å²) in [5, 5.41) is 9.09. The van der Waals surface area contributed by atoms with E-state index >= 15 is 0 Å². The molecular weight excluding hydrogens is 458 g/mol. The monoisotopic (exact) mass is 472 g/mol. The number of aromatic nitrogens is 5. The number of rotatable bonds is 2. The number of amides is 1. The van der Waals surface area contributed by atoms with Gasteiger partial charge in [0.05, 0.1) is 39.3 Å². The summed E-state index contributed by atoms with van der Waals surface area (Å²) < 4.78 is 80.7. The lowest BCUT2D eigenvalue weighted by atomic mass is 10.1. The Labute approximate surface area is 179 Å². The third kappa shape index (κ3) is 3.91. The molecule has 0 radical (unpaired) electrons. The van der Waals surface area contributed by atoms with Crippen molar-refractivity contribution < 1.29 is 31.1 Å². The van der Waals surface area contributed by atoms with E-state index in [-0.39, 0.29) is 34.0 Å². The lowest BCUT2D eigenvalue weighted by Gasteiger charge is -2.14. The fourth-order valence-corrected chi connectivity index (χ4v) is 3.25. The third-order valence-electron chi connectivity index (χ3n) is 4.69. The smallest absolute Gasteiger partial charge is 0.334 e. The minimum absolute atomic E-state index is 0.0334. The maximum atomic E-state index is 13.2. The number of halogens is 6. The number of hydrogen-bond donors (Lipinski definition) is 2. The Balaban J connectivity index is 1.94. The molecule has 0 aliphatic heterocycles. The van der Waals surface area contributed by atoms with E-state index < -0.39 is 40.8 Å². The van der Waals surface area contributed by atoms with Gasteiger partial charge < -0.3 is 5.32 Å². The second kappa shape index (κ2) is 7.35. The van der Waals surface area contributed by atoms with Gasteiger partial charge in [-0.3, -0.25) is 9.89 Å². The maximum Gasteiger partial charge on any atom is 0.416 e. The molecule has 2 N–H and O–H groups in total. The van der Waals surface area contributed by atoms with E-state index in [1.54, 1.807) is 13.8 Å². The Morgan fingerprint density at radius 3 is 2.15 bits per heavy atom. The summed E-state index contributed by atoms with van der Waals surface area (Å²) in [4.78, 5) is 29.1. The average molecular weight is 472 g/mol. The summed E-state index contributed by atoms with van der Waals surface area (Å²) in [6.45, 7) is 3.44. The molecule has 3 heterocycles. The lowest BCUT2D eigenvalue weighted by molar-refractivity contribution is -0.143. The van der Waals surface area contributed by atoms with E-state index in [4.69, 9.17) is 0 Å². The molecule has 0 saturated heterocycles. The minimum Gasteiger partial charge on any atom is -0.334 e. The normalized spacial score (nSPS) is 12.8. The Kier molecular flexibility index (Phi) is 4.98. The maximum absolute atomic E-state index is 13.2. The summed E-state index contributed by atoms with van der Waals surface area (Å²) in [5.41, 5.74) is -4.66. The molecular formula is C19H14F6N6O2. The van der Waals surface area contributed by atoms with Crippen molar-refractivity contribution in [1.29, 1.82) is 0 Å². The Morgan fingerprint density at radius 2 is 1.61 bits per heavy atom. The second-order valence-electron chi connectivity index (χ2n) is 7.46. The number of hydrogen-bond acceptors (Lipinski definition) is 4. The van der Waals surface area contributed by atoms with E-state index in [1.165, 1.54) is 6.20 Å². The molecule has 4 rings (SSSR count). The molecule has 33 heavy (non-hydrogen) atoms. The number of carbonyl (C=O) groups is 1. The first-order chi connectivity index (χ1) is 15.3. The standard InChI is InChI=1S/C19H14F6N6O2/c1-8(2)28-17(33)31-15-12(7-27-31)14-13(6-26-15)16(32)30(29-14)11-4-9(18(20,21)22)3-10(5-11)19(23,24)25/h3-8,29H,1-2H3,(H,28,33). The number of nitrogens with one attached hydrogen (secondary N) is 2. The number of H-pyrrole nitrogens is 1. The summed E-state index contributed by atoms with van der Waals surface area (Å²) >= 11 is 0. The van der Waals surface area contributed by atoms with Gasteiger partial charge in [-0.2, -0.15) is 36.1 Å². The molecule has 0 saturated carbocycles. The van der Waals surface area contributed by atoms with Gasteiger partial charge in [0.2, 0.25) is 0 Å². The molecule has 0 aliphatic rings. The van der Waals surface area contributed by atoms with Crippen LogP contribution in [0.1, 0.15) is 25.0 Å². The molecule has 0 atom stereocenters. The average Bonchev–Trinajstić information content (AvgIpc) is 3.27. The van der Waals surface area contributed by atoms with Gasteiger partial charge in [0.15, 0.2) is 5.65 Å². The highest BCUT2D eigenvalue weighted by Crippen LogP contribution is 2.37. The molecule has 0 unspecified atom stereocenters. The van der Waals surface area contributed by atoms with Crippen LogP contribution in [0.3, 0.4) is 0 Å². The van der Waals surface area contributed by atoms with Crippen LogP contribution in [0, 0.1) is 0 Å². The molecule has 0 aliphatic carbocycles. The summed E-state index contributed by atoms with van der Waals surface area (Å²) in [6.07, 6.45) is -7.89. The Morgan fingerprint density at radius 1 is 1.00 bits per heavy atom. The van der Waals surface area contributed by atoms with Crippen molar-refractivity contribution in [2.45, 2.75) is 32.2 Å². The highest BCUT2D eigenvalue weighted by molar-refractivity contribution is 6.03. The fraction of sp³-hybridized carbons (Fsp3) is 0.263. The molecule has 4 aromatic rings. The van der Waals surface area contributed by atoms with Gasteiger partial charge in [0.1, 0.15) is 0 Å². The number of nitrogens with zero attached hydrogens (tertiary/aromatic N) is 4. The molecule has 0 bridgehead atoms. The minimum atomic E-state index is -5.08. The molecule has 174 valence electrons. The SMILES string of the molecule is CC(C)NC(=O)n1ncc2c3[nH]n(-c4cc(C(F)(F)F)cc(C(F)(F)F)c4)c(=O)c3cnc21. The molecule has 3 aromatic heterocycles. The van der Waals surface area contributed by atoms with Crippen molar-refractivity contribution in [2.75, 3.05) is 0 Å². The molecule has 14 heteroatoms. The molecule has 1 aromatic carbocycles. The lowest BCUT2D eigenvalue weighted by Crippen LogP contribution is -2.34. The van der Waals surface area contributed by atoms with Crippen LogP contribution in [0.2, 0.25) is 0 Å². The van der Waals surface area contributed by atoms with Crippen molar-refractivity contribution in [3.63, 3.8) is 0 Å². The Hall–Kier alpha value is -3.84. The van der Waals surface area contributed by atoms with Crippen LogP contribution < -0.4 is 10.9 Å². The first-order valence-corrected chi connectivity index (χ1v) is 9.35. The summed E-state index contributed by atoms with van der Waals surface area (Å²) in [7, 11) is 0. The number of aromatic amines is 1. The van der Waals surface area contributed by atoms with Gasteiger partial charge in [-0.1, -0.05) is 0 Å². The van der Waals surface area contributed by atoms with Crippen molar-refractivity contribution in [1.82, 2.24) is 29.9 Å². The largest absolute Gasteiger partial charge is 0.416 e. The van der Waals surface area contributed by atoms with E-state index in [0.717, 1.165) is 10.9 Å². The van der Waals surface area contributed by atoms with Gasteiger partial charge in [-0.15, -0.1) is 0 Å². The zero-order valence-electron chi connectivity index (χ0n) is 16.8. The molecule has 1 amide bonds. The number of carbonyl (C=O) groups excluding carboxylic acids is 1. The number of pyridine rings is 1. The third-order valence-corrected chi connectivity index (χ3v) is 4.69. The van der Waals surface area contributed by atoms with Crippen LogP contribution in [-0.4, -0.2) is 36.6 Å². The van der Waals surface area contributed by atoms with Crippen LogP contribution in [0.4, 0.5) is 31.1 Å². The first kappa shape index (κ1) is 22.4. The Bertz CT molecular complexity index is 1410. The van der Waals surface area contributed by atoms with Crippen LogP contribution in [-0.2, 0) is 12.4 Å². The number of alkyl halides is 6. The first-order valence-electron chi connectivity index (χ1n) is 9.35. The molecule has 0 spiro atoms. The van der Waals surface area contributed by atoms with E-state index in [9.17, 15) is 35.9 Å². The van der Waals surface area contributed by atoms with Crippen molar-refractivity contribution in [3.05, 3.63) is 52.1 Å². The van der Waals surface area contributed by atoms with Crippen LogP contribution in [0.15, 0.2) is 35.4 Å². The zero-order chi connectivity index (χ0) is 24.3. The second-order valence-corrected chi connectivity index (χ2v) is 7.46. The highest BCUT2D eigenvalue weighted by Gasteiger charge is 2.37. The zero-order valence-corrected chi connectivity index (χ0v) is 16.8. The quantitative estimate of drug-likeness (QED) is 0.430. The predicted molar refractivity (Wildman–Crippen MR) is 104 cm³/mol. The topological polar surface area (TPSA) is 97.6 Å². The van der Waals surface area contributed by atoms with E-state index in [0.29, 0.717) is 16.8 Å². The van der Waals surface area contributed by atoms with Crippen LogP contribution in [0.5, 0.6) is 0 Å². The van der Waals surface area contributed by atoms with Crippen LogP contribution in [0.25, 0.3) is 27.6 Å². The van der Waals surface area contributed by atoms with Gasteiger partial charge >= 0.3 is 18.4 Å². The van der Waals surface area contributed by atoms with Crippen LogP contribution >= 0.6 is 0 Å².